The highest BCUT2D eigenvalue weighted by Crippen LogP contribution is 2.21. The number of carboxylic acid groups (broad SMARTS) is 1. The topological polar surface area (TPSA) is 109 Å². The summed E-state index contributed by atoms with van der Waals surface area (Å²) in [6.45, 7) is 3.39. The summed E-state index contributed by atoms with van der Waals surface area (Å²) in [5.74, 6) is -1.07. The van der Waals surface area contributed by atoms with Crippen molar-refractivity contribution < 1.29 is 14.7 Å². The summed E-state index contributed by atoms with van der Waals surface area (Å²) in [5.41, 5.74) is 5.80. The Morgan fingerprint density at radius 3 is 2.71 bits per heavy atom. The Balaban J connectivity index is 1.94. The number of anilines is 1. The summed E-state index contributed by atoms with van der Waals surface area (Å²) < 4.78 is 0. The van der Waals surface area contributed by atoms with E-state index in [1.165, 1.54) is 17.8 Å². The fraction of sp³-hybridized carbons (Fsp3) is 0.615. The molecular weight excluding hydrogens is 292 g/mol. The predicted molar refractivity (Wildman–Crippen MR) is 80.2 cm³/mol. The van der Waals surface area contributed by atoms with Gasteiger partial charge in [0.15, 0.2) is 5.13 Å². The number of aromatic nitrogens is 1. The Hall–Kier alpha value is -1.67. The van der Waals surface area contributed by atoms with Gasteiger partial charge in [-0.05, 0) is 26.2 Å². The third-order valence-electron chi connectivity index (χ3n) is 3.48. The Bertz CT molecular complexity index is 513. The van der Waals surface area contributed by atoms with Crippen LogP contribution in [-0.4, -0.2) is 46.0 Å². The van der Waals surface area contributed by atoms with Crippen molar-refractivity contribution in [3.8, 4) is 0 Å². The Morgan fingerprint density at radius 1 is 1.43 bits per heavy atom. The zero-order chi connectivity index (χ0) is 15.4. The number of nitrogens with one attached hydrogen (secondary N) is 1. The van der Waals surface area contributed by atoms with Gasteiger partial charge in [0, 0.05) is 18.5 Å². The normalized spacial score (nSPS) is 18.1. The van der Waals surface area contributed by atoms with Crippen LogP contribution in [-0.2, 0) is 9.59 Å². The van der Waals surface area contributed by atoms with E-state index in [1.54, 1.807) is 12.3 Å². The van der Waals surface area contributed by atoms with Gasteiger partial charge >= 0.3 is 5.97 Å². The van der Waals surface area contributed by atoms with Gasteiger partial charge < -0.3 is 21.1 Å². The number of hydrogen-bond donors (Lipinski definition) is 3. The van der Waals surface area contributed by atoms with Crippen molar-refractivity contribution in [1.82, 2.24) is 9.88 Å². The molecule has 0 radical (unpaired) electrons. The SMILES string of the molecule is CC(Nc1nc(C(N)C(=O)O)cs1)C(=O)N1CCCCC1. The van der Waals surface area contributed by atoms with Crippen LogP contribution in [0.25, 0.3) is 0 Å². The van der Waals surface area contributed by atoms with Crippen LogP contribution in [0.1, 0.15) is 37.9 Å². The second-order valence-electron chi connectivity index (χ2n) is 5.15. The molecule has 21 heavy (non-hydrogen) atoms. The number of likely N-dealkylation sites (tertiary alicyclic amines) is 1. The van der Waals surface area contributed by atoms with Crippen molar-refractivity contribution in [1.29, 1.82) is 0 Å². The van der Waals surface area contributed by atoms with Crippen LogP contribution in [0.3, 0.4) is 0 Å². The molecule has 2 heterocycles. The number of carbonyl (C=O) groups is 2. The molecule has 1 amide bonds. The van der Waals surface area contributed by atoms with E-state index in [0.29, 0.717) is 10.8 Å². The largest absolute Gasteiger partial charge is 0.480 e. The van der Waals surface area contributed by atoms with Crippen molar-refractivity contribution in [3.05, 3.63) is 11.1 Å². The minimum atomic E-state index is -1.13. The van der Waals surface area contributed by atoms with E-state index in [-0.39, 0.29) is 11.9 Å². The Morgan fingerprint density at radius 2 is 2.10 bits per heavy atom. The molecule has 7 nitrogen and oxygen atoms in total. The zero-order valence-electron chi connectivity index (χ0n) is 11.9. The van der Waals surface area contributed by atoms with Gasteiger partial charge in [0.2, 0.25) is 5.91 Å². The highest BCUT2D eigenvalue weighted by atomic mass is 32.1. The lowest BCUT2D eigenvalue weighted by atomic mass is 10.1. The first-order valence-corrected chi connectivity index (χ1v) is 7.86. The molecule has 1 aliphatic rings. The lowest BCUT2D eigenvalue weighted by molar-refractivity contribution is -0.138. The van der Waals surface area contributed by atoms with Gasteiger partial charge in [0.1, 0.15) is 12.1 Å². The molecular formula is C13H20N4O3S. The van der Waals surface area contributed by atoms with Crippen LogP contribution in [0.2, 0.25) is 0 Å². The van der Waals surface area contributed by atoms with E-state index >= 15 is 0 Å². The van der Waals surface area contributed by atoms with Gasteiger partial charge in [0.05, 0.1) is 5.69 Å². The fourth-order valence-corrected chi connectivity index (χ4v) is 3.09. The molecule has 1 aromatic rings. The summed E-state index contributed by atoms with van der Waals surface area (Å²) in [5, 5.41) is 14.0. The monoisotopic (exact) mass is 312 g/mol. The maximum absolute atomic E-state index is 12.3. The molecule has 0 aliphatic carbocycles. The number of nitrogens with two attached hydrogens (primary N) is 1. The maximum Gasteiger partial charge on any atom is 0.326 e. The molecule has 2 atom stereocenters. The molecule has 1 aromatic heterocycles. The molecule has 0 spiro atoms. The lowest BCUT2D eigenvalue weighted by Crippen LogP contribution is -2.43. The number of hydrogen-bond acceptors (Lipinski definition) is 6. The first-order chi connectivity index (χ1) is 9.99. The van der Waals surface area contributed by atoms with Crippen LogP contribution in [0.5, 0.6) is 0 Å². The van der Waals surface area contributed by atoms with Crippen LogP contribution < -0.4 is 11.1 Å². The van der Waals surface area contributed by atoms with Crippen LogP contribution in [0.4, 0.5) is 5.13 Å². The molecule has 1 fully saturated rings. The summed E-state index contributed by atoms with van der Waals surface area (Å²) >= 11 is 1.25. The number of piperidine rings is 1. The maximum atomic E-state index is 12.3. The molecule has 1 aliphatic heterocycles. The highest BCUT2D eigenvalue weighted by Gasteiger charge is 2.23. The Labute approximate surface area is 127 Å². The number of aliphatic carboxylic acids is 1. The molecule has 8 heteroatoms. The number of nitrogens with zero attached hydrogens (tertiary/aromatic N) is 2. The van der Waals surface area contributed by atoms with Crippen LogP contribution in [0.15, 0.2) is 5.38 Å². The molecule has 2 unspecified atom stereocenters. The predicted octanol–water partition coefficient (Wildman–Crippen LogP) is 1.04. The third-order valence-corrected chi connectivity index (χ3v) is 4.28. The van der Waals surface area contributed by atoms with Crippen molar-refractivity contribution in [2.75, 3.05) is 18.4 Å². The average Bonchev–Trinajstić information content (AvgIpc) is 2.94. The van der Waals surface area contributed by atoms with E-state index in [1.807, 2.05) is 4.90 Å². The number of rotatable bonds is 5. The number of thiazole rings is 1. The zero-order valence-corrected chi connectivity index (χ0v) is 12.7. The highest BCUT2D eigenvalue weighted by molar-refractivity contribution is 7.13. The van der Waals surface area contributed by atoms with Gasteiger partial charge in [-0.25, -0.2) is 4.98 Å². The number of carbonyl (C=O) groups excluding carboxylic acids is 1. The number of carboxylic acids is 1. The smallest absolute Gasteiger partial charge is 0.326 e. The van der Waals surface area contributed by atoms with Gasteiger partial charge in [-0.3, -0.25) is 9.59 Å². The fourth-order valence-electron chi connectivity index (χ4n) is 2.26. The van der Waals surface area contributed by atoms with E-state index in [2.05, 4.69) is 10.3 Å². The molecule has 116 valence electrons. The van der Waals surface area contributed by atoms with Gasteiger partial charge in [-0.1, -0.05) is 0 Å². The van der Waals surface area contributed by atoms with Gasteiger partial charge in [-0.15, -0.1) is 11.3 Å². The first kappa shape index (κ1) is 15.7. The minimum Gasteiger partial charge on any atom is -0.480 e. The second kappa shape index (κ2) is 6.86. The van der Waals surface area contributed by atoms with E-state index in [4.69, 9.17) is 10.8 Å². The van der Waals surface area contributed by atoms with E-state index in [0.717, 1.165) is 25.9 Å². The molecule has 2 rings (SSSR count). The quantitative estimate of drug-likeness (QED) is 0.749. The van der Waals surface area contributed by atoms with Crippen molar-refractivity contribution in [2.24, 2.45) is 5.73 Å². The molecule has 0 aromatic carbocycles. The standard InChI is InChI=1S/C13H20N4O3S/c1-8(11(18)17-5-3-2-4-6-17)15-13-16-9(7-21-13)10(14)12(19)20/h7-8,10H,2-6,14H2,1H3,(H,15,16)(H,19,20). The van der Waals surface area contributed by atoms with Gasteiger partial charge in [0.25, 0.3) is 0 Å². The molecule has 0 bridgehead atoms. The second-order valence-corrected chi connectivity index (χ2v) is 6.00. The summed E-state index contributed by atoms with van der Waals surface area (Å²) in [7, 11) is 0. The lowest BCUT2D eigenvalue weighted by Gasteiger charge is -2.29. The third kappa shape index (κ3) is 3.92. The molecule has 0 saturated carbocycles. The Kier molecular flexibility index (Phi) is 5.13. The first-order valence-electron chi connectivity index (χ1n) is 6.98. The number of amides is 1. The summed E-state index contributed by atoms with van der Waals surface area (Å²) in [6.07, 6.45) is 3.27. The average molecular weight is 312 g/mol. The van der Waals surface area contributed by atoms with E-state index in [9.17, 15) is 9.59 Å². The minimum absolute atomic E-state index is 0.0500. The summed E-state index contributed by atoms with van der Waals surface area (Å²) in [4.78, 5) is 29.1. The van der Waals surface area contributed by atoms with Crippen molar-refractivity contribution in [3.63, 3.8) is 0 Å². The van der Waals surface area contributed by atoms with Gasteiger partial charge in [-0.2, -0.15) is 0 Å². The van der Waals surface area contributed by atoms with Crippen molar-refractivity contribution >= 4 is 28.3 Å². The van der Waals surface area contributed by atoms with Crippen molar-refractivity contribution in [2.45, 2.75) is 38.3 Å². The van der Waals surface area contributed by atoms with E-state index < -0.39 is 12.0 Å². The molecule has 4 N–H and O–H groups in total. The summed E-state index contributed by atoms with van der Waals surface area (Å²) in [6, 6.07) is -1.52. The van der Waals surface area contributed by atoms with Crippen LogP contribution in [0, 0.1) is 0 Å². The molecule has 1 saturated heterocycles. The van der Waals surface area contributed by atoms with Crippen LogP contribution >= 0.6 is 11.3 Å².